The second kappa shape index (κ2) is 4.03. The van der Waals surface area contributed by atoms with Crippen LogP contribution in [0.2, 0.25) is 0 Å². The highest BCUT2D eigenvalue weighted by atomic mass is 32.2. The van der Waals surface area contributed by atoms with Crippen molar-refractivity contribution in [3.63, 3.8) is 0 Å². The van der Waals surface area contributed by atoms with Crippen molar-refractivity contribution < 1.29 is 32.8 Å². The lowest BCUT2D eigenvalue weighted by Crippen LogP contribution is -2.14. The zero-order valence-electron chi connectivity index (χ0n) is 8.11. The van der Waals surface area contributed by atoms with Gasteiger partial charge in [0, 0.05) is 0 Å². The Bertz CT molecular complexity index is 605. The van der Waals surface area contributed by atoms with Crippen molar-refractivity contribution in [1.82, 2.24) is 0 Å². The molecule has 5 N–H and O–H groups in total. The van der Waals surface area contributed by atoms with Gasteiger partial charge in [0.1, 0.15) is 4.90 Å². The van der Waals surface area contributed by atoms with Gasteiger partial charge in [0.2, 0.25) is 0 Å². The largest absolute Gasteiger partial charge is 0.478 e. The van der Waals surface area contributed by atoms with Crippen LogP contribution in [0.3, 0.4) is 0 Å². The standard InChI is InChI=1S/C8H7NO7S/c9-6-4(17(14,15)16)2-1-3(7(10)11)5(6)8(12)13/h1-2H,9H2,(H,10,11)(H,12,13)(H,14,15,16). The summed E-state index contributed by atoms with van der Waals surface area (Å²) in [6, 6.07) is 1.46. The van der Waals surface area contributed by atoms with Crippen LogP contribution in [-0.2, 0) is 10.1 Å². The SMILES string of the molecule is Nc1c(S(=O)(=O)O)ccc(C(=O)O)c1C(=O)O. The molecular formula is C8H7NO7S. The van der Waals surface area contributed by atoms with E-state index in [9.17, 15) is 18.0 Å². The quantitative estimate of drug-likeness (QED) is 0.434. The first-order valence-corrected chi connectivity index (χ1v) is 5.46. The fourth-order valence-electron chi connectivity index (χ4n) is 1.23. The summed E-state index contributed by atoms with van der Waals surface area (Å²) in [5, 5.41) is 17.5. The molecule has 17 heavy (non-hydrogen) atoms. The average Bonchev–Trinajstić information content (AvgIpc) is 2.13. The molecular weight excluding hydrogens is 254 g/mol. The Balaban J connectivity index is 3.73. The van der Waals surface area contributed by atoms with Crippen molar-refractivity contribution in [2.45, 2.75) is 4.90 Å². The summed E-state index contributed by atoms with van der Waals surface area (Å²) in [6.07, 6.45) is 0. The van der Waals surface area contributed by atoms with E-state index in [1.807, 2.05) is 0 Å². The molecule has 0 aliphatic heterocycles. The molecule has 0 aromatic heterocycles. The third-order valence-electron chi connectivity index (χ3n) is 1.93. The van der Waals surface area contributed by atoms with Gasteiger partial charge >= 0.3 is 11.9 Å². The van der Waals surface area contributed by atoms with Gasteiger partial charge in [0.05, 0.1) is 16.8 Å². The number of rotatable bonds is 3. The van der Waals surface area contributed by atoms with Crippen LogP contribution < -0.4 is 5.73 Å². The van der Waals surface area contributed by atoms with E-state index >= 15 is 0 Å². The van der Waals surface area contributed by atoms with Crippen LogP contribution in [0, 0.1) is 0 Å². The molecule has 1 aromatic rings. The van der Waals surface area contributed by atoms with Crippen molar-refractivity contribution in [2.75, 3.05) is 5.73 Å². The summed E-state index contributed by atoms with van der Waals surface area (Å²) in [5.41, 5.74) is 2.86. The lowest BCUT2D eigenvalue weighted by molar-refractivity contribution is 0.0652. The van der Waals surface area contributed by atoms with Gasteiger partial charge in [0.15, 0.2) is 0 Å². The molecule has 0 aliphatic rings. The fraction of sp³-hybridized carbons (Fsp3) is 0. The molecule has 1 aromatic carbocycles. The maximum atomic E-state index is 10.8. The molecule has 0 radical (unpaired) electrons. The number of carboxylic acid groups (broad SMARTS) is 2. The van der Waals surface area contributed by atoms with E-state index in [0.717, 1.165) is 12.1 Å². The Labute approximate surface area is 95.0 Å². The molecule has 0 spiro atoms. The molecule has 0 amide bonds. The normalized spacial score (nSPS) is 11.1. The smallest absolute Gasteiger partial charge is 0.338 e. The molecule has 0 heterocycles. The van der Waals surface area contributed by atoms with Crippen molar-refractivity contribution in [2.24, 2.45) is 0 Å². The second-order valence-corrected chi connectivity index (χ2v) is 4.38. The Hall–Kier alpha value is -2.13. The average molecular weight is 261 g/mol. The predicted molar refractivity (Wildman–Crippen MR) is 54.6 cm³/mol. The van der Waals surface area contributed by atoms with Crippen molar-refractivity contribution >= 4 is 27.7 Å². The number of carboxylic acids is 2. The van der Waals surface area contributed by atoms with E-state index in [2.05, 4.69) is 0 Å². The Morgan fingerprint density at radius 2 is 1.65 bits per heavy atom. The second-order valence-electron chi connectivity index (χ2n) is 2.99. The molecule has 0 saturated heterocycles. The van der Waals surface area contributed by atoms with Gasteiger partial charge in [-0.15, -0.1) is 0 Å². The van der Waals surface area contributed by atoms with Gasteiger partial charge in [-0.3, -0.25) is 4.55 Å². The van der Waals surface area contributed by atoms with Crippen LogP contribution >= 0.6 is 0 Å². The highest BCUT2D eigenvalue weighted by Crippen LogP contribution is 2.25. The van der Waals surface area contributed by atoms with Gasteiger partial charge in [-0.05, 0) is 12.1 Å². The molecule has 0 aliphatic carbocycles. The van der Waals surface area contributed by atoms with E-state index in [0.29, 0.717) is 0 Å². The van der Waals surface area contributed by atoms with Crippen LogP contribution in [0.5, 0.6) is 0 Å². The summed E-state index contributed by atoms with van der Waals surface area (Å²) < 4.78 is 30.4. The monoisotopic (exact) mass is 261 g/mol. The predicted octanol–water partition coefficient (Wildman–Crippen LogP) is -0.0881. The first-order valence-electron chi connectivity index (χ1n) is 4.02. The molecule has 0 bridgehead atoms. The van der Waals surface area contributed by atoms with Gasteiger partial charge in [-0.2, -0.15) is 8.42 Å². The third-order valence-corrected chi connectivity index (χ3v) is 2.84. The number of anilines is 1. The Morgan fingerprint density at radius 1 is 1.12 bits per heavy atom. The maximum Gasteiger partial charge on any atom is 0.338 e. The van der Waals surface area contributed by atoms with Gasteiger partial charge in [0.25, 0.3) is 10.1 Å². The minimum absolute atomic E-state index is 0.664. The molecule has 0 atom stereocenters. The Morgan fingerprint density at radius 3 is 2.00 bits per heavy atom. The summed E-state index contributed by atoms with van der Waals surface area (Å²) in [7, 11) is -4.71. The van der Waals surface area contributed by atoms with E-state index < -0.39 is 43.8 Å². The summed E-state index contributed by atoms with van der Waals surface area (Å²) in [4.78, 5) is 20.7. The lowest BCUT2D eigenvalue weighted by Gasteiger charge is -2.08. The molecule has 0 unspecified atom stereocenters. The number of aromatic carboxylic acids is 2. The van der Waals surface area contributed by atoms with Gasteiger partial charge < -0.3 is 15.9 Å². The van der Waals surface area contributed by atoms with Crippen molar-refractivity contribution in [1.29, 1.82) is 0 Å². The summed E-state index contributed by atoms with van der Waals surface area (Å²) in [6.45, 7) is 0. The van der Waals surface area contributed by atoms with E-state index in [4.69, 9.17) is 20.5 Å². The summed E-state index contributed by atoms with van der Waals surface area (Å²) in [5.74, 6) is -3.28. The molecule has 0 fully saturated rings. The molecule has 0 saturated carbocycles. The van der Waals surface area contributed by atoms with Crippen molar-refractivity contribution in [3.8, 4) is 0 Å². The zero-order valence-corrected chi connectivity index (χ0v) is 8.93. The summed E-state index contributed by atoms with van der Waals surface area (Å²) >= 11 is 0. The zero-order chi connectivity index (χ0) is 13.4. The first-order chi connectivity index (χ1) is 7.66. The minimum atomic E-state index is -4.71. The fourth-order valence-corrected chi connectivity index (χ4v) is 1.85. The van der Waals surface area contributed by atoms with E-state index in [-0.39, 0.29) is 0 Å². The third kappa shape index (κ3) is 2.34. The van der Waals surface area contributed by atoms with Crippen LogP contribution in [0.4, 0.5) is 5.69 Å². The van der Waals surface area contributed by atoms with Crippen LogP contribution in [0.1, 0.15) is 20.7 Å². The molecule has 92 valence electrons. The molecule has 9 heteroatoms. The molecule has 8 nitrogen and oxygen atoms in total. The number of carbonyl (C=O) groups is 2. The lowest BCUT2D eigenvalue weighted by atomic mass is 10.1. The first kappa shape index (κ1) is 12.9. The van der Waals surface area contributed by atoms with Gasteiger partial charge in [-0.25, -0.2) is 9.59 Å². The minimum Gasteiger partial charge on any atom is -0.478 e. The van der Waals surface area contributed by atoms with Crippen LogP contribution in [-0.4, -0.2) is 35.1 Å². The number of hydrogen-bond acceptors (Lipinski definition) is 5. The maximum absolute atomic E-state index is 10.8. The highest BCUT2D eigenvalue weighted by molar-refractivity contribution is 7.86. The van der Waals surface area contributed by atoms with E-state index in [1.54, 1.807) is 0 Å². The number of hydrogen-bond donors (Lipinski definition) is 4. The number of benzene rings is 1. The Kier molecular flexibility index (Phi) is 3.07. The van der Waals surface area contributed by atoms with Crippen LogP contribution in [0.25, 0.3) is 0 Å². The molecule has 1 rings (SSSR count). The van der Waals surface area contributed by atoms with E-state index in [1.165, 1.54) is 0 Å². The number of nitrogens with two attached hydrogens (primary N) is 1. The van der Waals surface area contributed by atoms with Crippen LogP contribution in [0.15, 0.2) is 17.0 Å². The highest BCUT2D eigenvalue weighted by Gasteiger charge is 2.25. The van der Waals surface area contributed by atoms with Gasteiger partial charge in [-0.1, -0.05) is 0 Å². The topological polar surface area (TPSA) is 155 Å². The van der Waals surface area contributed by atoms with Crippen molar-refractivity contribution in [3.05, 3.63) is 23.3 Å². The number of nitrogen functional groups attached to an aromatic ring is 1.